The van der Waals surface area contributed by atoms with Gasteiger partial charge in [0, 0.05) is 19.1 Å². The van der Waals surface area contributed by atoms with Crippen LogP contribution in [0.25, 0.3) is 0 Å². The van der Waals surface area contributed by atoms with Crippen molar-refractivity contribution in [3.63, 3.8) is 0 Å². The molecule has 0 spiro atoms. The number of rotatable bonds is 2. The molecular weight excluding hydrogens is 230 g/mol. The topological polar surface area (TPSA) is 64.1 Å². The van der Waals surface area contributed by atoms with Gasteiger partial charge in [0.25, 0.3) is 0 Å². The third-order valence-corrected chi connectivity index (χ3v) is 2.63. The van der Waals surface area contributed by atoms with Crippen LogP contribution < -0.4 is 5.32 Å². The van der Waals surface area contributed by atoms with Gasteiger partial charge in [-0.3, -0.25) is 9.78 Å². The Morgan fingerprint density at radius 3 is 2.88 bits per heavy atom. The summed E-state index contributed by atoms with van der Waals surface area (Å²) in [5.74, 6) is 0.346. The summed E-state index contributed by atoms with van der Waals surface area (Å²) in [7, 11) is 0. The van der Waals surface area contributed by atoms with Gasteiger partial charge in [0.15, 0.2) is 5.82 Å². The molecule has 1 aromatic rings. The Bertz CT molecular complexity index is 380. The first-order chi connectivity index (χ1) is 7.75. The summed E-state index contributed by atoms with van der Waals surface area (Å²) in [6.45, 7) is 1.28. The van der Waals surface area contributed by atoms with E-state index in [0.717, 1.165) is 12.8 Å². The predicted molar refractivity (Wildman–Crippen MR) is 59.2 cm³/mol. The molecule has 0 saturated carbocycles. The minimum absolute atomic E-state index is 0.00506. The first-order valence-corrected chi connectivity index (χ1v) is 5.49. The largest absolute Gasteiger partial charge is 0.381 e. The lowest BCUT2D eigenvalue weighted by Gasteiger charge is -2.20. The molecule has 0 aromatic carbocycles. The van der Waals surface area contributed by atoms with Crippen LogP contribution in [0.1, 0.15) is 12.8 Å². The quantitative estimate of drug-likeness (QED) is 0.852. The maximum absolute atomic E-state index is 11.8. The molecule has 0 bridgehead atoms. The minimum atomic E-state index is -0.0418. The number of aromatic nitrogens is 2. The summed E-state index contributed by atoms with van der Waals surface area (Å²) < 4.78 is 5.19. The lowest BCUT2D eigenvalue weighted by Crippen LogP contribution is -2.28. The Hall–Kier alpha value is -1.20. The van der Waals surface area contributed by atoms with Crippen molar-refractivity contribution >= 4 is 23.3 Å². The molecule has 1 aromatic heterocycles. The van der Waals surface area contributed by atoms with Gasteiger partial charge in [-0.15, -0.1) is 0 Å². The fraction of sp³-hybridized carbons (Fsp3) is 0.500. The molecule has 1 fully saturated rings. The number of carbonyl (C=O) groups is 1. The van der Waals surface area contributed by atoms with Crippen molar-refractivity contribution in [3.8, 4) is 0 Å². The Kier molecular flexibility index (Phi) is 3.69. The van der Waals surface area contributed by atoms with Crippen molar-refractivity contribution in [2.45, 2.75) is 12.8 Å². The van der Waals surface area contributed by atoms with Crippen molar-refractivity contribution in [1.82, 2.24) is 9.97 Å². The number of hydrogen-bond donors (Lipinski definition) is 1. The zero-order valence-corrected chi connectivity index (χ0v) is 9.41. The van der Waals surface area contributed by atoms with Crippen molar-refractivity contribution in [1.29, 1.82) is 0 Å². The van der Waals surface area contributed by atoms with Gasteiger partial charge in [-0.05, 0) is 12.8 Å². The molecule has 5 nitrogen and oxygen atoms in total. The third kappa shape index (κ3) is 2.90. The lowest BCUT2D eigenvalue weighted by molar-refractivity contribution is -0.122. The van der Waals surface area contributed by atoms with Crippen LogP contribution in [0.5, 0.6) is 0 Å². The molecule has 86 valence electrons. The average Bonchev–Trinajstić information content (AvgIpc) is 2.30. The van der Waals surface area contributed by atoms with Crippen LogP contribution in [0.3, 0.4) is 0 Å². The second-order valence-electron chi connectivity index (χ2n) is 3.60. The van der Waals surface area contributed by atoms with E-state index >= 15 is 0 Å². The van der Waals surface area contributed by atoms with E-state index in [1.807, 2.05) is 0 Å². The highest BCUT2D eigenvalue weighted by Crippen LogP contribution is 2.17. The van der Waals surface area contributed by atoms with E-state index in [9.17, 15) is 4.79 Å². The van der Waals surface area contributed by atoms with Crippen LogP contribution in [-0.2, 0) is 9.53 Å². The van der Waals surface area contributed by atoms with Crippen LogP contribution in [0, 0.1) is 5.92 Å². The molecule has 2 rings (SSSR count). The maximum atomic E-state index is 11.8. The van der Waals surface area contributed by atoms with Gasteiger partial charge < -0.3 is 10.1 Å². The van der Waals surface area contributed by atoms with Crippen molar-refractivity contribution < 1.29 is 9.53 Å². The molecule has 1 aliphatic heterocycles. The first-order valence-electron chi connectivity index (χ1n) is 5.12. The number of nitrogens with one attached hydrogen (secondary N) is 1. The number of carbonyl (C=O) groups excluding carboxylic acids is 1. The maximum Gasteiger partial charge on any atom is 0.228 e. The summed E-state index contributed by atoms with van der Waals surface area (Å²) in [6, 6.07) is 0. The molecule has 1 N–H and O–H groups in total. The third-order valence-electron chi connectivity index (χ3n) is 2.45. The van der Waals surface area contributed by atoms with Crippen molar-refractivity contribution in [2.75, 3.05) is 18.5 Å². The Balaban J connectivity index is 1.96. The zero-order valence-electron chi connectivity index (χ0n) is 8.65. The zero-order chi connectivity index (χ0) is 11.4. The summed E-state index contributed by atoms with van der Waals surface area (Å²) >= 11 is 5.67. The second-order valence-corrected chi connectivity index (χ2v) is 3.99. The van der Waals surface area contributed by atoms with Gasteiger partial charge in [-0.25, -0.2) is 4.98 Å². The fourth-order valence-electron chi connectivity index (χ4n) is 1.59. The summed E-state index contributed by atoms with van der Waals surface area (Å²) in [6.07, 6.45) is 4.40. The molecule has 2 heterocycles. The molecular formula is C10H12ClN3O2. The molecule has 16 heavy (non-hydrogen) atoms. The monoisotopic (exact) mass is 241 g/mol. The van der Waals surface area contributed by atoms with E-state index in [2.05, 4.69) is 15.3 Å². The summed E-state index contributed by atoms with van der Waals surface area (Å²) in [5.41, 5.74) is 0. The SMILES string of the molecule is O=C(Nc1cncc(Cl)n1)C1CCOCC1. The highest BCUT2D eigenvalue weighted by molar-refractivity contribution is 6.29. The smallest absolute Gasteiger partial charge is 0.228 e. The average molecular weight is 242 g/mol. The van der Waals surface area contributed by atoms with Crippen LogP contribution in [0.4, 0.5) is 5.82 Å². The number of hydrogen-bond acceptors (Lipinski definition) is 4. The van der Waals surface area contributed by atoms with Crippen molar-refractivity contribution in [3.05, 3.63) is 17.5 Å². The highest BCUT2D eigenvalue weighted by Gasteiger charge is 2.21. The highest BCUT2D eigenvalue weighted by atomic mass is 35.5. The van der Waals surface area contributed by atoms with Crippen LogP contribution >= 0.6 is 11.6 Å². The van der Waals surface area contributed by atoms with Gasteiger partial charge in [0.2, 0.25) is 5.91 Å². The normalized spacial score (nSPS) is 17.1. The van der Waals surface area contributed by atoms with E-state index < -0.39 is 0 Å². The Labute approximate surface area is 98.2 Å². The number of nitrogens with zero attached hydrogens (tertiary/aromatic N) is 2. The van der Waals surface area contributed by atoms with Gasteiger partial charge in [0.05, 0.1) is 12.4 Å². The van der Waals surface area contributed by atoms with Crippen LogP contribution in [0.15, 0.2) is 12.4 Å². The van der Waals surface area contributed by atoms with Crippen LogP contribution in [-0.4, -0.2) is 29.1 Å². The van der Waals surface area contributed by atoms with Crippen LogP contribution in [0.2, 0.25) is 5.15 Å². The van der Waals surface area contributed by atoms with Gasteiger partial charge in [-0.2, -0.15) is 0 Å². The molecule has 1 saturated heterocycles. The first kappa shape index (κ1) is 11.3. The minimum Gasteiger partial charge on any atom is -0.381 e. The van der Waals surface area contributed by atoms with E-state index in [0.29, 0.717) is 19.0 Å². The van der Waals surface area contributed by atoms with Gasteiger partial charge in [0.1, 0.15) is 5.15 Å². The molecule has 6 heteroatoms. The standard InChI is InChI=1S/C10H12ClN3O2/c11-8-5-12-6-9(13-8)14-10(15)7-1-3-16-4-2-7/h5-7H,1-4H2,(H,13,14,15). The second kappa shape index (κ2) is 5.23. The van der Waals surface area contributed by atoms with Crippen molar-refractivity contribution in [2.24, 2.45) is 5.92 Å². The fourth-order valence-corrected chi connectivity index (χ4v) is 1.74. The number of ether oxygens (including phenoxy) is 1. The lowest BCUT2D eigenvalue weighted by atomic mass is 9.99. The molecule has 0 radical (unpaired) electrons. The van der Waals surface area contributed by atoms with E-state index in [-0.39, 0.29) is 17.0 Å². The van der Waals surface area contributed by atoms with E-state index in [1.54, 1.807) is 0 Å². The van der Waals surface area contributed by atoms with E-state index in [4.69, 9.17) is 16.3 Å². The summed E-state index contributed by atoms with van der Waals surface area (Å²) in [5, 5.41) is 2.97. The van der Waals surface area contributed by atoms with Gasteiger partial charge in [-0.1, -0.05) is 11.6 Å². The van der Waals surface area contributed by atoms with E-state index in [1.165, 1.54) is 12.4 Å². The number of anilines is 1. The Morgan fingerprint density at radius 1 is 1.44 bits per heavy atom. The molecule has 0 aliphatic carbocycles. The molecule has 0 atom stereocenters. The molecule has 1 aliphatic rings. The predicted octanol–water partition coefficient (Wildman–Crippen LogP) is 1.50. The summed E-state index contributed by atoms with van der Waals surface area (Å²) in [4.78, 5) is 19.6. The Morgan fingerprint density at radius 2 is 2.19 bits per heavy atom. The van der Waals surface area contributed by atoms with Gasteiger partial charge >= 0.3 is 0 Å². The molecule has 1 amide bonds. The molecule has 0 unspecified atom stereocenters. The number of halogens is 1. The number of amides is 1.